The fraction of sp³-hybridized carbons (Fsp3) is 0.357. The van der Waals surface area contributed by atoms with Gasteiger partial charge in [0.05, 0.1) is 11.3 Å². The number of amides is 2. The van der Waals surface area contributed by atoms with Gasteiger partial charge in [-0.05, 0) is 32.0 Å². The summed E-state index contributed by atoms with van der Waals surface area (Å²) in [6, 6.07) is 2.41. The highest BCUT2D eigenvalue weighted by molar-refractivity contribution is 6.30. The number of carbonyl (C=O) groups is 1. The highest BCUT2D eigenvalue weighted by Gasteiger charge is 2.34. The summed E-state index contributed by atoms with van der Waals surface area (Å²) >= 11 is 5.61. The quantitative estimate of drug-likeness (QED) is 0.888. The Morgan fingerprint density at radius 2 is 2.12 bits per heavy atom. The van der Waals surface area contributed by atoms with Crippen molar-refractivity contribution in [3.05, 3.63) is 40.5 Å². The molecule has 24 heavy (non-hydrogen) atoms. The molecule has 0 atom stereocenters. The summed E-state index contributed by atoms with van der Waals surface area (Å²) in [6.45, 7) is 3.52. The van der Waals surface area contributed by atoms with Gasteiger partial charge in [-0.25, -0.2) is 4.79 Å². The summed E-state index contributed by atoms with van der Waals surface area (Å²) in [6.07, 6.45) is -4.64. The summed E-state index contributed by atoms with van der Waals surface area (Å²) in [5, 5.41) is 5.76. The van der Waals surface area contributed by atoms with Crippen LogP contribution in [-0.2, 0) is 12.7 Å². The maximum Gasteiger partial charge on any atom is 0.418 e. The van der Waals surface area contributed by atoms with E-state index in [0.717, 1.165) is 12.1 Å². The molecule has 0 spiro atoms. The zero-order valence-electron chi connectivity index (χ0n) is 12.8. The van der Waals surface area contributed by atoms with E-state index in [1.54, 1.807) is 13.8 Å². The number of aromatic nitrogens is 2. The Bertz CT molecular complexity index is 733. The molecule has 1 aromatic heterocycles. The van der Waals surface area contributed by atoms with Gasteiger partial charge in [0, 0.05) is 11.6 Å². The third-order valence-corrected chi connectivity index (χ3v) is 3.33. The van der Waals surface area contributed by atoms with Gasteiger partial charge in [0.15, 0.2) is 5.82 Å². The van der Waals surface area contributed by atoms with Gasteiger partial charge < -0.3 is 14.7 Å². The number of hydrogen-bond acceptors (Lipinski definition) is 4. The SMILES string of the molecule is CCN(Cc1nc(C)no1)C(=O)Nc1ccc(Cl)cc1C(F)(F)F. The van der Waals surface area contributed by atoms with Gasteiger partial charge in [-0.1, -0.05) is 16.8 Å². The third kappa shape index (κ3) is 4.38. The van der Waals surface area contributed by atoms with Gasteiger partial charge in [0.1, 0.15) is 6.54 Å². The Hall–Kier alpha value is -2.29. The molecule has 1 aromatic carbocycles. The highest BCUT2D eigenvalue weighted by Crippen LogP contribution is 2.36. The lowest BCUT2D eigenvalue weighted by Gasteiger charge is -2.21. The predicted molar refractivity (Wildman–Crippen MR) is 80.6 cm³/mol. The molecule has 0 bridgehead atoms. The molecule has 2 aromatic rings. The van der Waals surface area contributed by atoms with E-state index in [1.165, 1.54) is 11.0 Å². The number of halogens is 4. The maximum atomic E-state index is 13.1. The van der Waals surface area contributed by atoms with Crippen LogP contribution in [0.4, 0.5) is 23.7 Å². The molecule has 10 heteroatoms. The van der Waals surface area contributed by atoms with Crippen LogP contribution in [0, 0.1) is 6.92 Å². The van der Waals surface area contributed by atoms with Crippen LogP contribution in [0.2, 0.25) is 5.02 Å². The van der Waals surface area contributed by atoms with Gasteiger partial charge in [-0.2, -0.15) is 18.2 Å². The normalized spacial score (nSPS) is 11.4. The van der Waals surface area contributed by atoms with Crippen molar-refractivity contribution in [2.45, 2.75) is 26.6 Å². The minimum absolute atomic E-state index is 0.0158. The zero-order chi connectivity index (χ0) is 17.9. The predicted octanol–water partition coefficient (Wildman–Crippen LogP) is 4.10. The Kier molecular flexibility index (Phi) is 5.33. The van der Waals surface area contributed by atoms with E-state index in [9.17, 15) is 18.0 Å². The zero-order valence-corrected chi connectivity index (χ0v) is 13.6. The first-order valence-corrected chi connectivity index (χ1v) is 7.30. The third-order valence-electron chi connectivity index (χ3n) is 3.09. The second-order valence-electron chi connectivity index (χ2n) is 4.87. The van der Waals surface area contributed by atoms with E-state index in [1.807, 2.05) is 0 Å². The molecule has 0 fully saturated rings. The van der Waals surface area contributed by atoms with E-state index in [2.05, 4.69) is 15.5 Å². The van der Waals surface area contributed by atoms with Crippen molar-refractivity contribution < 1.29 is 22.5 Å². The largest absolute Gasteiger partial charge is 0.418 e. The molecular formula is C14H14ClF3N4O2. The first-order valence-electron chi connectivity index (χ1n) is 6.92. The van der Waals surface area contributed by atoms with Gasteiger partial charge in [-0.3, -0.25) is 0 Å². The molecule has 0 radical (unpaired) electrons. The second kappa shape index (κ2) is 7.08. The number of nitrogens with zero attached hydrogens (tertiary/aromatic N) is 3. The average molecular weight is 363 g/mol. The minimum atomic E-state index is -4.64. The fourth-order valence-electron chi connectivity index (χ4n) is 1.95. The van der Waals surface area contributed by atoms with Gasteiger partial charge in [-0.15, -0.1) is 0 Å². The minimum Gasteiger partial charge on any atom is -0.337 e. The molecule has 1 heterocycles. The molecule has 0 aliphatic rings. The maximum absolute atomic E-state index is 13.1. The smallest absolute Gasteiger partial charge is 0.337 e. The lowest BCUT2D eigenvalue weighted by Crippen LogP contribution is -2.35. The van der Waals surface area contributed by atoms with Gasteiger partial charge >= 0.3 is 12.2 Å². The van der Waals surface area contributed by atoms with Crippen LogP contribution in [0.25, 0.3) is 0 Å². The van der Waals surface area contributed by atoms with Crippen molar-refractivity contribution in [2.24, 2.45) is 0 Å². The van der Waals surface area contributed by atoms with Crippen molar-refractivity contribution in [3.63, 3.8) is 0 Å². The number of nitrogens with one attached hydrogen (secondary N) is 1. The van der Waals surface area contributed by atoms with Crippen molar-refractivity contribution in [1.29, 1.82) is 0 Å². The van der Waals surface area contributed by atoms with Crippen LogP contribution < -0.4 is 5.32 Å². The number of hydrogen-bond donors (Lipinski definition) is 1. The van der Waals surface area contributed by atoms with E-state index in [0.29, 0.717) is 5.82 Å². The van der Waals surface area contributed by atoms with Gasteiger partial charge in [0.25, 0.3) is 0 Å². The number of carbonyl (C=O) groups excluding carboxylic acids is 1. The molecule has 2 rings (SSSR count). The monoisotopic (exact) mass is 362 g/mol. The first-order chi connectivity index (χ1) is 11.2. The van der Waals surface area contributed by atoms with Crippen LogP contribution >= 0.6 is 11.6 Å². The summed E-state index contributed by atoms with van der Waals surface area (Å²) in [5.41, 5.74) is -1.40. The van der Waals surface area contributed by atoms with Crippen LogP contribution in [0.15, 0.2) is 22.7 Å². The molecule has 6 nitrogen and oxygen atoms in total. The van der Waals surface area contributed by atoms with Gasteiger partial charge in [0.2, 0.25) is 5.89 Å². The lowest BCUT2D eigenvalue weighted by atomic mass is 10.1. The summed E-state index contributed by atoms with van der Waals surface area (Å²) in [4.78, 5) is 17.4. The average Bonchev–Trinajstić information content (AvgIpc) is 2.90. The van der Waals surface area contributed by atoms with Crippen LogP contribution in [0.1, 0.15) is 24.2 Å². The first kappa shape index (κ1) is 18.1. The standard InChI is InChI=1S/C14H14ClF3N4O2/c1-3-22(7-12-19-8(2)21-24-12)13(23)20-11-5-4-9(15)6-10(11)14(16,17)18/h4-6H,3,7H2,1-2H3,(H,20,23). The number of rotatable bonds is 4. The molecule has 0 aliphatic heterocycles. The van der Waals surface area contributed by atoms with Crippen molar-refractivity contribution in [2.75, 3.05) is 11.9 Å². The van der Waals surface area contributed by atoms with Crippen LogP contribution in [0.5, 0.6) is 0 Å². The van der Waals surface area contributed by atoms with E-state index in [-0.39, 0.29) is 29.7 Å². The molecule has 0 saturated carbocycles. The van der Waals surface area contributed by atoms with E-state index < -0.39 is 17.8 Å². The molecular weight excluding hydrogens is 349 g/mol. The topological polar surface area (TPSA) is 71.3 Å². The molecule has 130 valence electrons. The summed E-state index contributed by atoms with van der Waals surface area (Å²) < 4.78 is 44.1. The fourth-order valence-corrected chi connectivity index (χ4v) is 2.12. The Morgan fingerprint density at radius 3 is 2.67 bits per heavy atom. The summed E-state index contributed by atoms with van der Waals surface area (Å²) in [5.74, 6) is 0.593. The number of anilines is 1. The van der Waals surface area contributed by atoms with E-state index >= 15 is 0 Å². The Balaban J connectivity index is 2.18. The molecule has 2 amide bonds. The molecule has 0 saturated heterocycles. The van der Waals surface area contributed by atoms with Crippen molar-refractivity contribution in [1.82, 2.24) is 15.0 Å². The van der Waals surface area contributed by atoms with Crippen molar-refractivity contribution >= 4 is 23.3 Å². The Morgan fingerprint density at radius 1 is 1.42 bits per heavy atom. The lowest BCUT2D eigenvalue weighted by molar-refractivity contribution is -0.136. The summed E-state index contributed by atoms with van der Waals surface area (Å²) in [7, 11) is 0. The molecule has 0 aliphatic carbocycles. The number of alkyl halides is 3. The van der Waals surface area contributed by atoms with Crippen LogP contribution in [-0.4, -0.2) is 27.6 Å². The van der Waals surface area contributed by atoms with Crippen LogP contribution in [0.3, 0.4) is 0 Å². The molecule has 1 N–H and O–H groups in total. The van der Waals surface area contributed by atoms with Crippen molar-refractivity contribution in [3.8, 4) is 0 Å². The molecule has 0 unspecified atom stereocenters. The number of benzene rings is 1. The Labute approximate surface area is 140 Å². The van der Waals surface area contributed by atoms with E-state index in [4.69, 9.17) is 16.1 Å². The highest BCUT2D eigenvalue weighted by atomic mass is 35.5. The number of aryl methyl sites for hydroxylation is 1. The number of urea groups is 1. The second-order valence-corrected chi connectivity index (χ2v) is 5.30.